The van der Waals surface area contributed by atoms with E-state index in [2.05, 4.69) is 35.2 Å². The van der Waals surface area contributed by atoms with Crippen molar-refractivity contribution in [1.29, 1.82) is 0 Å². The molecule has 0 aromatic carbocycles. The molecule has 13 heteroatoms. The minimum Gasteiger partial charge on any atom is -0.467 e. The Balaban J connectivity index is 1.28. The van der Waals surface area contributed by atoms with E-state index in [1.165, 1.54) is 30.4 Å². The van der Waals surface area contributed by atoms with Crippen LogP contribution in [0.5, 0.6) is 5.88 Å². The van der Waals surface area contributed by atoms with Crippen LogP contribution in [0.1, 0.15) is 24.8 Å². The van der Waals surface area contributed by atoms with Crippen molar-refractivity contribution in [3.05, 3.63) is 60.6 Å². The van der Waals surface area contributed by atoms with Gasteiger partial charge in [-0.05, 0) is 25.5 Å². The molecule has 1 fully saturated rings. The lowest BCUT2D eigenvalue weighted by Crippen LogP contribution is -2.37. The first-order chi connectivity index (χ1) is 17.9. The second-order valence-corrected chi connectivity index (χ2v) is 10.5. The minimum atomic E-state index is -0.871. The van der Waals surface area contributed by atoms with Gasteiger partial charge in [-0.1, -0.05) is 11.8 Å². The Bertz CT molecular complexity index is 1500. The zero-order valence-electron chi connectivity index (χ0n) is 20.0. The monoisotopic (exact) mass is 522 g/mol. The molecule has 0 saturated heterocycles. The zero-order valence-corrected chi connectivity index (χ0v) is 20.8. The van der Waals surface area contributed by atoms with Gasteiger partial charge in [-0.15, -0.1) is 0 Å². The standard InChI is InChI=1S/C24H23FN8O3S/c1-23(16-8-24(16,12-34-2)37-22(26)33-23)14-7-13(9-30-20(14)25)31-21-19-15(3-4-28-21)32-17(10-29-19)36-11-18-27-5-6-35-18/h3-7,9-10,16H,8,11-12H2,1-2H3,(H2,26,33)(H,28,31)/t16-,23+,24+/m0/s1. The Morgan fingerprint density at radius 2 is 2.14 bits per heavy atom. The van der Waals surface area contributed by atoms with Crippen molar-refractivity contribution >= 4 is 39.5 Å². The molecule has 1 saturated carbocycles. The van der Waals surface area contributed by atoms with Gasteiger partial charge in [-0.2, -0.15) is 4.39 Å². The maximum Gasteiger partial charge on any atom is 0.233 e. The lowest BCUT2D eigenvalue weighted by atomic mass is 9.86. The van der Waals surface area contributed by atoms with Gasteiger partial charge in [0.15, 0.2) is 17.6 Å². The molecule has 0 unspecified atom stereocenters. The number of aliphatic imine (C=N–C) groups is 1. The van der Waals surface area contributed by atoms with Gasteiger partial charge >= 0.3 is 0 Å². The molecule has 11 nitrogen and oxygen atoms in total. The Hall–Kier alpha value is -3.84. The highest BCUT2D eigenvalue weighted by atomic mass is 32.2. The van der Waals surface area contributed by atoms with Crippen molar-refractivity contribution in [3.8, 4) is 5.88 Å². The van der Waals surface area contributed by atoms with Crippen molar-refractivity contribution in [1.82, 2.24) is 24.9 Å². The second-order valence-electron chi connectivity index (χ2n) is 9.09. The Kier molecular flexibility index (Phi) is 5.68. The van der Waals surface area contributed by atoms with Crippen molar-refractivity contribution in [3.63, 3.8) is 0 Å². The molecule has 6 rings (SSSR count). The lowest BCUT2D eigenvalue weighted by Gasteiger charge is -2.33. The Morgan fingerprint density at radius 3 is 2.95 bits per heavy atom. The summed E-state index contributed by atoms with van der Waals surface area (Å²) in [6, 6.07) is 3.42. The normalized spacial score (nSPS) is 24.4. The first-order valence-corrected chi connectivity index (χ1v) is 12.3. The molecule has 3 N–H and O–H groups in total. The summed E-state index contributed by atoms with van der Waals surface area (Å²) in [7, 11) is 1.65. The van der Waals surface area contributed by atoms with Gasteiger partial charge in [0.05, 0.1) is 46.7 Å². The summed E-state index contributed by atoms with van der Waals surface area (Å²) in [6.07, 6.45) is 8.34. The van der Waals surface area contributed by atoms with Crippen LogP contribution >= 0.6 is 11.8 Å². The number of aromatic nitrogens is 5. The number of thioether (sulfide) groups is 1. The van der Waals surface area contributed by atoms with E-state index >= 15 is 4.39 Å². The Labute approximate surface area is 215 Å². The van der Waals surface area contributed by atoms with E-state index in [0.29, 0.717) is 51.6 Å². The lowest BCUT2D eigenvalue weighted by molar-refractivity contribution is 0.184. The number of anilines is 2. The van der Waals surface area contributed by atoms with E-state index in [4.69, 9.17) is 19.6 Å². The molecule has 37 heavy (non-hydrogen) atoms. The number of nitrogens with zero attached hydrogens (tertiary/aromatic N) is 6. The number of nitrogens with one attached hydrogen (secondary N) is 1. The van der Waals surface area contributed by atoms with Gasteiger partial charge in [-0.3, -0.25) is 4.99 Å². The number of amidine groups is 1. The van der Waals surface area contributed by atoms with Crippen molar-refractivity contribution in [2.45, 2.75) is 30.2 Å². The van der Waals surface area contributed by atoms with Crippen molar-refractivity contribution < 1.29 is 18.3 Å². The summed E-state index contributed by atoms with van der Waals surface area (Å²) in [5.41, 5.74) is 7.27. The van der Waals surface area contributed by atoms with E-state index in [0.717, 1.165) is 6.42 Å². The number of pyridine rings is 2. The molecule has 1 aliphatic carbocycles. The van der Waals surface area contributed by atoms with Gasteiger partial charge < -0.3 is 24.9 Å². The molecular formula is C24H23FN8O3S. The van der Waals surface area contributed by atoms with Crippen LogP contribution in [0.25, 0.3) is 11.0 Å². The SMILES string of the molecule is COC[C@]12C[C@H]1[C@@](C)(c1cc(Nc3nccc4nc(OCc5ncco5)cnc34)cnc1F)N=C(N)S2. The number of hydrogen-bond acceptors (Lipinski definition) is 12. The van der Waals surface area contributed by atoms with Gasteiger partial charge in [0.25, 0.3) is 0 Å². The van der Waals surface area contributed by atoms with E-state index in [9.17, 15) is 0 Å². The number of halogens is 1. The topological polar surface area (TPSA) is 146 Å². The third kappa shape index (κ3) is 4.23. The fourth-order valence-corrected chi connectivity index (χ4v) is 6.34. The summed E-state index contributed by atoms with van der Waals surface area (Å²) in [4.78, 5) is 26.1. The van der Waals surface area contributed by atoms with Crippen molar-refractivity contribution in [2.75, 3.05) is 19.0 Å². The van der Waals surface area contributed by atoms with Gasteiger partial charge in [0.1, 0.15) is 11.8 Å². The van der Waals surface area contributed by atoms with E-state index in [-0.39, 0.29) is 17.3 Å². The Morgan fingerprint density at radius 1 is 1.24 bits per heavy atom. The summed E-state index contributed by atoms with van der Waals surface area (Å²) >= 11 is 1.50. The average molecular weight is 523 g/mol. The van der Waals surface area contributed by atoms with Crippen LogP contribution in [0.15, 0.2) is 52.6 Å². The summed E-state index contributed by atoms with van der Waals surface area (Å²) < 4.78 is 31.1. The largest absolute Gasteiger partial charge is 0.467 e. The number of nitrogens with two attached hydrogens (primary N) is 1. The van der Waals surface area contributed by atoms with E-state index < -0.39 is 11.5 Å². The fourth-order valence-electron chi connectivity index (χ4n) is 4.89. The second kappa shape index (κ2) is 8.92. The van der Waals surface area contributed by atoms with E-state index in [1.807, 2.05) is 6.92 Å². The first kappa shape index (κ1) is 23.6. The molecule has 2 aliphatic rings. The molecule has 0 amide bonds. The molecule has 190 valence electrons. The molecule has 3 atom stereocenters. The molecular weight excluding hydrogens is 499 g/mol. The molecule has 5 heterocycles. The highest BCUT2D eigenvalue weighted by Gasteiger charge is 2.66. The molecule has 4 aromatic rings. The smallest absolute Gasteiger partial charge is 0.233 e. The predicted octanol–water partition coefficient (Wildman–Crippen LogP) is 3.55. The van der Waals surface area contributed by atoms with Gasteiger partial charge in [0, 0.05) is 24.8 Å². The van der Waals surface area contributed by atoms with Crippen LogP contribution in [0.2, 0.25) is 0 Å². The number of rotatable bonds is 8. The molecule has 1 aliphatic heterocycles. The molecule has 0 spiro atoms. The molecule has 0 bridgehead atoms. The van der Waals surface area contributed by atoms with Gasteiger partial charge in [-0.25, -0.2) is 24.9 Å². The highest BCUT2D eigenvalue weighted by Crippen LogP contribution is 2.65. The highest BCUT2D eigenvalue weighted by molar-refractivity contribution is 8.15. The molecule has 4 aromatic heterocycles. The van der Waals surface area contributed by atoms with Crippen LogP contribution in [-0.2, 0) is 16.9 Å². The maximum atomic E-state index is 15.1. The third-order valence-corrected chi connectivity index (χ3v) is 7.93. The van der Waals surface area contributed by atoms with Crippen molar-refractivity contribution in [2.24, 2.45) is 16.6 Å². The third-order valence-electron chi connectivity index (χ3n) is 6.65. The van der Waals surface area contributed by atoms with Gasteiger partial charge in [0.2, 0.25) is 17.7 Å². The van der Waals surface area contributed by atoms with E-state index in [1.54, 1.807) is 31.6 Å². The quantitative estimate of drug-likeness (QED) is 0.327. The molecule has 0 radical (unpaired) electrons. The summed E-state index contributed by atoms with van der Waals surface area (Å²) in [5.74, 6) is 0.668. The summed E-state index contributed by atoms with van der Waals surface area (Å²) in [6.45, 7) is 2.54. The summed E-state index contributed by atoms with van der Waals surface area (Å²) in [5, 5.41) is 3.62. The predicted molar refractivity (Wildman–Crippen MR) is 135 cm³/mol. The number of oxazole rings is 1. The van der Waals surface area contributed by atoms with Crippen LogP contribution in [0.3, 0.4) is 0 Å². The minimum absolute atomic E-state index is 0.0696. The average Bonchev–Trinajstić information content (AvgIpc) is 3.36. The van der Waals surface area contributed by atoms with Crippen LogP contribution in [-0.4, -0.2) is 48.6 Å². The maximum absolute atomic E-state index is 15.1. The number of fused-ring (bicyclic) bond motifs is 2. The number of methoxy groups -OCH3 is 1. The number of ether oxygens (including phenoxy) is 2. The van der Waals surface area contributed by atoms with Crippen LogP contribution < -0.4 is 15.8 Å². The number of hydrogen-bond donors (Lipinski definition) is 2. The zero-order chi connectivity index (χ0) is 25.6. The first-order valence-electron chi connectivity index (χ1n) is 11.5. The van der Waals surface area contributed by atoms with Crippen LogP contribution in [0.4, 0.5) is 15.9 Å². The fraction of sp³-hybridized carbons (Fsp3) is 0.333. The van der Waals surface area contributed by atoms with Crippen LogP contribution in [0, 0.1) is 11.9 Å².